The standard InChI is InChI=1S/C28H25ClF6N2O/c29-25-9-5-4-8-19(25)17-36-23-10-11-37(24(16-23)12-18-6-2-1-3-7-18)26(38)20-13-21(27(30,31)32)15-22(14-20)28(33,34)35/h1-9,13-15,23-24,36H,10-12,16-17H2/t23-,24+/m0/s1. The smallest absolute Gasteiger partial charge is 0.335 e. The molecular formula is C28H25ClF6N2O. The van der Waals surface area contributed by atoms with E-state index in [2.05, 4.69) is 5.32 Å². The van der Waals surface area contributed by atoms with Gasteiger partial charge in [-0.1, -0.05) is 60.1 Å². The number of benzene rings is 3. The molecule has 1 N–H and O–H groups in total. The number of nitrogens with one attached hydrogen (secondary N) is 1. The van der Waals surface area contributed by atoms with Gasteiger partial charge in [-0.3, -0.25) is 4.79 Å². The first-order valence-corrected chi connectivity index (χ1v) is 12.4. The van der Waals surface area contributed by atoms with Crippen molar-refractivity contribution in [1.29, 1.82) is 0 Å². The average Bonchev–Trinajstić information content (AvgIpc) is 2.87. The molecule has 1 saturated heterocycles. The van der Waals surface area contributed by atoms with Gasteiger partial charge < -0.3 is 10.2 Å². The van der Waals surface area contributed by atoms with Crippen molar-refractivity contribution in [1.82, 2.24) is 10.2 Å². The van der Waals surface area contributed by atoms with E-state index in [0.717, 1.165) is 11.1 Å². The lowest BCUT2D eigenvalue weighted by molar-refractivity contribution is -0.143. The van der Waals surface area contributed by atoms with Crippen LogP contribution in [-0.4, -0.2) is 29.4 Å². The largest absolute Gasteiger partial charge is 0.416 e. The summed E-state index contributed by atoms with van der Waals surface area (Å²) in [7, 11) is 0. The zero-order valence-electron chi connectivity index (χ0n) is 20.1. The fourth-order valence-electron chi connectivity index (χ4n) is 4.72. The molecule has 3 aromatic carbocycles. The van der Waals surface area contributed by atoms with E-state index >= 15 is 0 Å². The maximum atomic E-state index is 13.4. The summed E-state index contributed by atoms with van der Waals surface area (Å²) in [5.41, 5.74) is -1.84. The monoisotopic (exact) mass is 554 g/mol. The van der Waals surface area contributed by atoms with Crippen LogP contribution in [0, 0.1) is 0 Å². The van der Waals surface area contributed by atoms with Crippen LogP contribution in [0.5, 0.6) is 0 Å². The summed E-state index contributed by atoms with van der Waals surface area (Å²) >= 11 is 6.25. The Morgan fingerprint density at radius 2 is 1.50 bits per heavy atom. The van der Waals surface area contributed by atoms with E-state index in [1.165, 1.54) is 4.90 Å². The van der Waals surface area contributed by atoms with Crippen LogP contribution >= 0.6 is 11.6 Å². The summed E-state index contributed by atoms with van der Waals surface area (Å²) in [4.78, 5) is 14.8. The Kier molecular flexibility index (Phi) is 8.37. The SMILES string of the molecule is O=C(c1cc(C(F)(F)F)cc(C(F)(F)F)c1)N1CC[C@H](NCc2ccccc2Cl)C[C@H]1Cc1ccccc1. The number of halogens is 7. The number of alkyl halides is 6. The number of carbonyl (C=O) groups excluding carboxylic acids is 1. The summed E-state index contributed by atoms with van der Waals surface area (Å²) in [5, 5.41) is 4.04. The summed E-state index contributed by atoms with van der Waals surface area (Å²) in [6.45, 7) is 0.660. The highest BCUT2D eigenvalue weighted by molar-refractivity contribution is 6.31. The Labute approximate surface area is 221 Å². The summed E-state index contributed by atoms with van der Waals surface area (Å²) < 4.78 is 80.4. The van der Waals surface area contributed by atoms with Gasteiger partial charge >= 0.3 is 12.4 Å². The number of hydrogen-bond donors (Lipinski definition) is 1. The highest BCUT2D eigenvalue weighted by atomic mass is 35.5. The van der Waals surface area contributed by atoms with Crippen LogP contribution in [0.3, 0.4) is 0 Å². The van der Waals surface area contributed by atoms with Gasteiger partial charge in [-0.2, -0.15) is 26.3 Å². The van der Waals surface area contributed by atoms with Crippen molar-refractivity contribution < 1.29 is 31.1 Å². The lowest BCUT2D eigenvalue weighted by atomic mass is 9.91. The molecule has 202 valence electrons. The molecule has 0 radical (unpaired) electrons. The predicted octanol–water partition coefficient (Wildman–Crippen LogP) is 7.38. The molecule has 3 aromatic rings. The van der Waals surface area contributed by atoms with Gasteiger partial charge in [0.25, 0.3) is 5.91 Å². The number of rotatable bonds is 6. The lowest BCUT2D eigenvalue weighted by Crippen LogP contribution is -2.51. The zero-order chi connectivity index (χ0) is 27.5. The van der Waals surface area contributed by atoms with Crippen molar-refractivity contribution in [2.75, 3.05) is 6.54 Å². The lowest BCUT2D eigenvalue weighted by Gasteiger charge is -2.40. The number of hydrogen-bond acceptors (Lipinski definition) is 2. The van der Waals surface area contributed by atoms with Gasteiger partial charge in [0, 0.05) is 35.8 Å². The molecule has 1 fully saturated rings. The predicted molar refractivity (Wildman–Crippen MR) is 133 cm³/mol. The van der Waals surface area contributed by atoms with E-state index in [-0.39, 0.29) is 18.7 Å². The molecule has 0 saturated carbocycles. The van der Waals surface area contributed by atoms with E-state index < -0.39 is 41.0 Å². The van der Waals surface area contributed by atoms with Crippen LogP contribution in [0.4, 0.5) is 26.3 Å². The van der Waals surface area contributed by atoms with Crippen LogP contribution in [0.1, 0.15) is 45.5 Å². The van der Waals surface area contributed by atoms with Crippen molar-refractivity contribution in [2.45, 2.75) is 50.2 Å². The van der Waals surface area contributed by atoms with E-state index in [1.54, 1.807) is 6.07 Å². The third-order valence-corrected chi connectivity index (χ3v) is 7.03. The second-order valence-corrected chi connectivity index (χ2v) is 9.74. The molecule has 0 aromatic heterocycles. The molecule has 0 aliphatic carbocycles. The number of piperidine rings is 1. The van der Waals surface area contributed by atoms with Crippen molar-refractivity contribution in [3.05, 3.63) is 106 Å². The van der Waals surface area contributed by atoms with E-state index in [0.29, 0.717) is 43.0 Å². The topological polar surface area (TPSA) is 32.3 Å². The molecule has 0 spiro atoms. The van der Waals surface area contributed by atoms with E-state index in [9.17, 15) is 31.1 Å². The molecule has 38 heavy (non-hydrogen) atoms. The van der Waals surface area contributed by atoms with Crippen LogP contribution < -0.4 is 5.32 Å². The number of amides is 1. The van der Waals surface area contributed by atoms with Crippen LogP contribution in [0.25, 0.3) is 0 Å². The van der Waals surface area contributed by atoms with E-state index in [4.69, 9.17) is 11.6 Å². The van der Waals surface area contributed by atoms with Gasteiger partial charge in [0.05, 0.1) is 11.1 Å². The molecule has 0 bridgehead atoms. The molecule has 3 nitrogen and oxygen atoms in total. The van der Waals surface area contributed by atoms with Gasteiger partial charge in [0.2, 0.25) is 0 Å². The third kappa shape index (κ3) is 6.88. The molecule has 1 aliphatic heterocycles. The van der Waals surface area contributed by atoms with Gasteiger partial charge in [-0.05, 0) is 54.7 Å². The Morgan fingerprint density at radius 1 is 0.895 bits per heavy atom. The second kappa shape index (κ2) is 11.4. The van der Waals surface area contributed by atoms with Crippen molar-refractivity contribution >= 4 is 17.5 Å². The first kappa shape index (κ1) is 28.0. The molecule has 2 atom stereocenters. The molecule has 4 rings (SSSR count). The number of carbonyl (C=O) groups is 1. The maximum Gasteiger partial charge on any atom is 0.416 e. The van der Waals surface area contributed by atoms with Gasteiger partial charge in [-0.25, -0.2) is 0 Å². The highest BCUT2D eigenvalue weighted by Crippen LogP contribution is 2.37. The molecule has 1 heterocycles. The Balaban J connectivity index is 1.60. The minimum Gasteiger partial charge on any atom is -0.335 e. The van der Waals surface area contributed by atoms with E-state index in [1.807, 2.05) is 48.5 Å². The van der Waals surface area contributed by atoms with Crippen molar-refractivity contribution in [2.24, 2.45) is 0 Å². The Hall–Kier alpha value is -3.04. The Bertz CT molecular complexity index is 1230. The maximum absolute atomic E-state index is 13.4. The molecule has 1 aliphatic rings. The van der Waals surface area contributed by atoms with Crippen molar-refractivity contribution in [3.63, 3.8) is 0 Å². The molecule has 10 heteroatoms. The minimum absolute atomic E-state index is 0.0309. The Morgan fingerprint density at radius 3 is 2.11 bits per heavy atom. The van der Waals surface area contributed by atoms with Gasteiger partial charge in [0.1, 0.15) is 0 Å². The zero-order valence-corrected chi connectivity index (χ0v) is 20.9. The average molecular weight is 555 g/mol. The normalized spacial score (nSPS) is 18.4. The molecule has 1 amide bonds. The number of likely N-dealkylation sites (tertiary alicyclic amines) is 1. The van der Waals surface area contributed by atoms with Crippen LogP contribution in [0.2, 0.25) is 5.02 Å². The molecule has 0 unspecified atom stereocenters. The van der Waals surface area contributed by atoms with Crippen LogP contribution in [-0.2, 0) is 25.3 Å². The van der Waals surface area contributed by atoms with Gasteiger partial charge in [0.15, 0.2) is 0 Å². The summed E-state index contributed by atoms with van der Waals surface area (Å²) in [6, 6.07) is 17.2. The summed E-state index contributed by atoms with van der Waals surface area (Å²) in [5.74, 6) is -0.855. The minimum atomic E-state index is -5.03. The fourth-order valence-corrected chi connectivity index (χ4v) is 4.93. The quantitative estimate of drug-likeness (QED) is 0.322. The number of nitrogens with zero attached hydrogens (tertiary/aromatic N) is 1. The first-order chi connectivity index (χ1) is 17.9. The fraction of sp³-hybridized carbons (Fsp3) is 0.321. The van der Waals surface area contributed by atoms with Crippen molar-refractivity contribution in [3.8, 4) is 0 Å². The third-order valence-electron chi connectivity index (χ3n) is 6.66. The van der Waals surface area contributed by atoms with Gasteiger partial charge in [-0.15, -0.1) is 0 Å². The first-order valence-electron chi connectivity index (χ1n) is 12.0. The summed E-state index contributed by atoms with van der Waals surface area (Å²) in [6.07, 6.45) is -8.71. The highest BCUT2D eigenvalue weighted by Gasteiger charge is 2.39. The second-order valence-electron chi connectivity index (χ2n) is 9.33. The van der Waals surface area contributed by atoms with Crippen LogP contribution in [0.15, 0.2) is 72.8 Å². The molecular weight excluding hydrogens is 530 g/mol.